The van der Waals surface area contributed by atoms with Gasteiger partial charge in [0.1, 0.15) is 0 Å². The third-order valence-electron chi connectivity index (χ3n) is 3.05. The second kappa shape index (κ2) is 6.56. The lowest BCUT2D eigenvalue weighted by atomic mass is 10.1. The largest absolute Gasteiger partial charge is 0.398 e. The third kappa shape index (κ3) is 3.62. The number of carbonyl (C=O) groups is 1. The fourth-order valence-electron chi connectivity index (χ4n) is 1.93. The average Bonchev–Trinajstić information content (AvgIpc) is 2.41. The first-order valence-electron chi connectivity index (χ1n) is 6.20. The lowest BCUT2D eigenvalue weighted by molar-refractivity contribution is 0.0940. The van der Waals surface area contributed by atoms with Crippen molar-refractivity contribution in [1.82, 2.24) is 5.32 Å². The summed E-state index contributed by atoms with van der Waals surface area (Å²) >= 11 is 18.0. The fraction of sp³-hybridized carbons (Fsp3) is 0.133. The molecule has 0 saturated carbocycles. The number of benzene rings is 2. The van der Waals surface area contributed by atoms with Crippen molar-refractivity contribution in [3.8, 4) is 0 Å². The number of halogens is 3. The SMILES string of the molecule is CC(NC(=O)c1cccc(N)c1Cl)c1ccc(Cl)cc1Cl. The minimum absolute atomic E-state index is 0.240. The molecule has 1 amide bonds. The number of nitrogens with two attached hydrogens (primary N) is 1. The van der Waals surface area contributed by atoms with Crippen LogP contribution in [0, 0.1) is 0 Å². The molecular weight excluding hydrogens is 331 g/mol. The van der Waals surface area contributed by atoms with E-state index in [0.717, 1.165) is 5.56 Å². The van der Waals surface area contributed by atoms with Crippen LogP contribution in [-0.2, 0) is 0 Å². The summed E-state index contributed by atoms with van der Waals surface area (Å²) in [6.07, 6.45) is 0. The van der Waals surface area contributed by atoms with E-state index in [1.54, 1.807) is 36.4 Å². The Bertz CT molecular complexity index is 689. The van der Waals surface area contributed by atoms with Crippen molar-refractivity contribution in [1.29, 1.82) is 0 Å². The Labute approximate surface area is 138 Å². The molecule has 0 aliphatic heterocycles. The number of nitrogen functional groups attached to an aromatic ring is 1. The summed E-state index contributed by atoms with van der Waals surface area (Å²) in [6.45, 7) is 1.83. The Morgan fingerprint density at radius 3 is 2.57 bits per heavy atom. The lowest BCUT2D eigenvalue weighted by Crippen LogP contribution is -2.27. The summed E-state index contributed by atoms with van der Waals surface area (Å²) in [7, 11) is 0. The van der Waals surface area contributed by atoms with Gasteiger partial charge in [-0.15, -0.1) is 0 Å². The van der Waals surface area contributed by atoms with Crippen LogP contribution in [0.1, 0.15) is 28.9 Å². The molecule has 0 aliphatic carbocycles. The van der Waals surface area contributed by atoms with Crippen molar-refractivity contribution in [2.24, 2.45) is 0 Å². The van der Waals surface area contributed by atoms with Crippen LogP contribution in [0.2, 0.25) is 15.1 Å². The number of anilines is 1. The zero-order chi connectivity index (χ0) is 15.6. The molecule has 3 N–H and O–H groups in total. The molecule has 2 rings (SSSR count). The topological polar surface area (TPSA) is 55.1 Å². The molecule has 0 aliphatic rings. The van der Waals surface area contributed by atoms with Crippen LogP contribution in [0.3, 0.4) is 0 Å². The highest BCUT2D eigenvalue weighted by Gasteiger charge is 2.17. The van der Waals surface area contributed by atoms with E-state index in [9.17, 15) is 4.79 Å². The number of carbonyl (C=O) groups excluding carboxylic acids is 1. The molecule has 3 nitrogen and oxygen atoms in total. The Kier molecular flexibility index (Phi) is 4.99. The zero-order valence-corrected chi connectivity index (χ0v) is 13.4. The summed E-state index contributed by atoms with van der Waals surface area (Å²) in [5.41, 5.74) is 7.16. The van der Waals surface area contributed by atoms with Gasteiger partial charge in [-0.25, -0.2) is 0 Å². The lowest BCUT2D eigenvalue weighted by Gasteiger charge is -2.16. The van der Waals surface area contributed by atoms with Gasteiger partial charge >= 0.3 is 0 Å². The van der Waals surface area contributed by atoms with E-state index in [-0.39, 0.29) is 17.0 Å². The van der Waals surface area contributed by atoms with Crippen molar-refractivity contribution in [3.63, 3.8) is 0 Å². The molecule has 110 valence electrons. The fourth-order valence-corrected chi connectivity index (χ4v) is 2.71. The van der Waals surface area contributed by atoms with Crippen LogP contribution in [0.5, 0.6) is 0 Å². The highest BCUT2D eigenvalue weighted by molar-refractivity contribution is 6.36. The van der Waals surface area contributed by atoms with Gasteiger partial charge in [-0.2, -0.15) is 0 Å². The molecule has 1 atom stereocenters. The molecule has 0 bridgehead atoms. The first kappa shape index (κ1) is 16.0. The first-order valence-corrected chi connectivity index (χ1v) is 7.33. The molecule has 1 unspecified atom stereocenters. The van der Waals surface area contributed by atoms with Crippen molar-refractivity contribution in [2.75, 3.05) is 5.73 Å². The van der Waals surface area contributed by atoms with Crippen molar-refractivity contribution >= 4 is 46.4 Å². The Morgan fingerprint density at radius 1 is 1.19 bits per heavy atom. The van der Waals surface area contributed by atoms with Crippen LogP contribution < -0.4 is 11.1 Å². The van der Waals surface area contributed by atoms with Crippen molar-refractivity contribution < 1.29 is 4.79 Å². The normalized spacial score (nSPS) is 12.0. The number of amides is 1. The summed E-state index contributed by atoms with van der Waals surface area (Å²) in [5.74, 6) is -0.314. The molecule has 0 saturated heterocycles. The monoisotopic (exact) mass is 342 g/mol. The van der Waals surface area contributed by atoms with E-state index in [2.05, 4.69) is 5.32 Å². The molecule has 21 heavy (non-hydrogen) atoms. The van der Waals surface area contributed by atoms with E-state index in [4.69, 9.17) is 40.5 Å². The number of nitrogens with one attached hydrogen (secondary N) is 1. The molecule has 0 heterocycles. The van der Waals surface area contributed by atoms with Gasteiger partial charge in [0.25, 0.3) is 5.91 Å². The minimum Gasteiger partial charge on any atom is -0.398 e. The van der Waals surface area contributed by atoms with Crippen LogP contribution >= 0.6 is 34.8 Å². The van der Waals surface area contributed by atoms with Gasteiger partial charge < -0.3 is 11.1 Å². The number of rotatable bonds is 3. The Balaban J connectivity index is 2.21. The summed E-state index contributed by atoms with van der Waals surface area (Å²) in [6, 6.07) is 9.77. The van der Waals surface area contributed by atoms with Crippen molar-refractivity contribution in [3.05, 3.63) is 62.6 Å². The minimum atomic E-state index is -0.314. The zero-order valence-electron chi connectivity index (χ0n) is 11.2. The van der Waals surface area contributed by atoms with Crippen LogP contribution in [-0.4, -0.2) is 5.91 Å². The molecule has 2 aromatic rings. The second-order valence-electron chi connectivity index (χ2n) is 4.57. The van der Waals surface area contributed by atoms with Gasteiger partial charge in [-0.05, 0) is 36.8 Å². The number of hydrogen-bond donors (Lipinski definition) is 2. The first-order chi connectivity index (χ1) is 9.90. The molecular formula is C15H13Cl3N2O. The predicted octanol–water partition coefficient (Wildman–Crippen LogP) is 4.72. The van der Waals surface area contributed by atoms with E-state index in [0.29, 0.717) is 21.3 Å². The summed E-state index contributed by atoms with van der Waals surface area (Å²) < 4.78 is 0. The molecule has 0 radical (unpaired) electrons. The van der Waals surface area contributed by atoms with Gasteiger partial charge in [0.15, 0.2) is 0 Å². The maximum Gasteiger partial charge on any atom is 0.253 e. The molecule has 0 aromatic heterocycles. The van der Waals surface area contributed by atoms with Crippen LogP contribution in [0.25, 0.3) is 0 Å². The smallest absolute Gasteiger partial charge is 0.253 e. The molecule has 6 heteroatoms. The van der Waals surface area contributed by atoms with Gasteiger partial charge in [0.2, 0.25) is 0 Å². The van der Waals surface area contributed by atoms with E-state index in [1.165, 1.54) is 0 Å². The van der Waals surface area contributed by atoms with E-state index < -0.39 is 0 Å². The molecule has 2 aromatic carbocycles. The Morgan fingerprint density at radius 2 is 1.90 bits per heavy atom. The van der Waals surface area contributed by atoms with Gasteiger partial charge in [0.05, 0.1) is 22.3 Å². The molecule has 0 spiro atoms. The van der Waals surface area contributed by atoms with Gasteiger partial charge in [-0.3, -0.25) is 4.79 Å². The summed E-state index contributed by atoms with van der Waals surface area (Å²) in [4.78, 5) is 12.3. The third-order valence-corrected chi connectivity index (χ3v) is 4.03. The second-order valence-corrected chi connectivity index (χ2v) is 5.79. The van der Waals surface area contributed by atoms with Gasteiger partial charge in [-0.1, -0.05) is 46.9 Å². The average molecular weight is 344 g/mol. The summed E-state index contributed by atoms with van der Waals surface area (Å²) in [5, 5.41) is 4.11. The standard InChI is InChI=1S/C15H13Cl3N2O/c1-8(10-6-5-9(16)7-12(10)17)20-15(21)11-3-2-4-13(19)14(11)18/h2-8H,19H2,1H3,(H,20,21). The van der Waals surface area contributed by atoms with E-state index in [1.807, 2.05) is 6.92 Å². The Hall–Kier alpha value is -1.42. The predicted molar refractivity (Wildman–Crippen MR) is 88.2 cm³/mol. The highest BCUT2D eigenvalue weighted by Crippen LogP contribution is 2.27. The highest BCUT2D eigenvalue weighted by atomic mass is 35.5. The van der Waals surface area contributed by atoms with Crippen LogP contribution in [0.4, 0.5) is 5.69 Å². The maximum absolute atomic E-state index is 12.3. The number of hydrogen-bond acceptors (Lipinski definition) is 2. The van der Waals surface area contributed by atoms with Crippen LogP contribution in [0.15, 0.2) is 36.4 Å². The van der Waals surface area contributed by atoms with Gasteiger partial charge in [0, 0.05) is 10.0 Å². The quantitative estimate of drug-likeness (QED) is 0.792. The molecule has 0 fully saturated rings. The van der Waals surface area contributed by atoms with E-state index >= 15 is 0 Å². The maximum atomic E-state index is 12.3. The van der Waals surface area contributed by atoms with Crippen molar-refractivity contribution in [2.45, 2.75) is 13.0 Å².